The second kappa shape index (κ2) is 4.68. The van der Waals surface area contributed by atoms with Gasteiger partial charge in [0.25, 0.3) is 5.56 Å². The molecule has 0 saturated carbocycles. The van der Waals surface area contributed by atoms with Crippen LogP contribution < -0.4 is 5.56 Å². The fourth-order valence-electron chi connectivity index (χ4n) is 2.12. The number of Topliss-reactive ketones (excluding diaryl/α,β-unsaturated/α-hetero) is 1. The first kappa shape index (κ1) is 13.0. The van der Waals surface area contributed by atoms with Gasteiger partial charge in [-0.1, -0.05) is 13.0 Å². The minimum Gasteiger partial charge on any atom is -0.478 e. The monoisotopic (exact) mass is 259 g/mol. The Morgan fingerprint density at radius 1 is 1.26 bits per heavy atom. The maximum absolute atomic E-state index is 11.8. The van der Waals surface area contributed by atoms with E-state index in [0.717, 1.165) is 12.0 Å². The number of hydrogen-bond acceptors (Lipinski definition) is 3. The Bertz CT molecular complexity index is 743. The van der Waals surface area contributed by atoms with Crippen molar-refractivity contribution in [3.05, 3.63) is 45.2 Å². The Morgan fingerprint density at radius 3 is 2.47 bits per heavy atom. The summed E-state index contributed by atoms with van der Waals surface area (Å²) in [4.78, 5) is 37.3. The number of fused-ring (bicyclic) bond motifs is 1. The fourth-order valence-corrected chi connectivity index (χ4v) is 2.12. The fraction of sp³-hybridized carbons (Fsp3) is 0.214. The van der Waals surface area contributed by atoms with E-state index in [1.165, 1.54) is 6.92 Å². The van der Waals surface area contributed by atoms with Crippen LogP contribution in [0.25, 0.3) is 10.9 Å². The lowest BCUT2D eigenvalue weighted by molar-refractivity contribution is 0.0694. The average molecular weight is 259 g/mol. The van der Waals surface area contributed by atoms with Crippen LogP contribution in [0.1, 0.15) is 40.1 Å². The predicted octanol–water partition coefficient (Wildman–Crippen LogP) is 1.99. The third kappa shape index (κ3) is 2.14. The first-order valence-corrected chi connectivity index (χ1v) is 5.88. The molecular formula is C14H13NO4. The van der Waals surface area contributed by atoms with E-state index in [1.807, 2.05) is 13.0 Å². The van der Waals surface area contributed by atoms with Crippen LogP contribution in [0.15, 0.2) is 23.0 Å². The molecule has 0 bridgehead atoms. The lowest BCUT2D eigenvalue weighted by atomic mass is 9.99. The number of rotatable bonds is 3. The number of carbonyl (C=O) groups excluding carboxylic acids is 1. The molecule has 0 unspecified atom stereocenters. The summed E-state index contributed by atoms with van der Waals surface area (Å²) in [6.45, 7) is 3.13. The van der Waals surface area contributed by atoms with Crippen molar-refractivity contribution in [3.63, 3.8) is 0 Å². The van der Waals surface area contributed by atoms with E-state index in [2.05, 4.69) is 4.98 Å². The van der Waals surface area contributed by atoms with Gasteiger partial charge < -0.3 is 10.1 Å². The number of aromatic carboxylic acids is 1. The first-order valence-electron chi connectivity index (χ1n) is 5.88. The summed E-state index contributed by atoms with van der Waals surface area (Å²) in [5.74, 6) is -1.82. The number of H-pyrrole nitrogens is 1. The van der Waals surface area contributed by atoms with Crippen molar-refractivity contribution in [1.29, 1.82) is 0 Å². The number of ketones is 1. The Kier molecular flexibility index (Phi) is 3.21. The number of carboxylic acids is 1. The maximum atomic E-state index is 11.8. The quantitative estimate of drug-likeness (QED) is 0.825. The summed E-state index contributed by atoms with van der Waals surface area (Å²) >= 11 is 0. The molecule has 2 N–H and O–H groups in total. The highest BCUT2D eigenvalue weighted by Crippen LogP contribution is 2.20. The van der Waals surface area contributed by atoms with Gasteiger partial charge in [0.2, 0.25) is 0 Å². The highest BCUT2D eigenvalue weighted by Gasteiger charge is 2.21. The molecule has 1 heterocycles. The number of nitrogens with one attached hydrogen (secondary N) is 1. The van der Waals surface area contributed by atoms with E-state index in [9.17, 15) is 19.5 Å². The van der Waals surface area contributed by atoms with E-state index in [1.54, 1.807) is 12.1 Å². The molecule has 0 saturated heterocycles. The molecule has 0 radical (unpaired) electrons. The van der Waals surface area contributed by atoms with Crippen LogP contribution >= 0.6 is 0 Å². The number of aryl methyl sites for hydroxylation is 1. The molecule has 98 valence electrons. The number of aromatic amines is 1. The zero-order valence-electron chi connectivity index (χ0n) is 10.6. The van der Waals surface area contributed by atoms with E-state index in [-0.39, 0.29) is 11.1 Å². The lowest BCUT2D eigenvalue weighted by Crippen LogP contribution is -2.22. The molecule has 0 atom stereocenters. The van der Waals surface area contributed by atoms with Crippen LogP contribution in [0.2, 0.25) is 0 Å². The minimum atomic E-state index is -1.27. The largest absolute Gasteiger partial charge is 0.478 e. The number of pyridine rings is 1. The first-order chi connectivity index (χ1) is 8.95. The Hall–Kier alpha value is -2.43. The van der Waals surface area contributed by atoms with Gasteiger partial charge in [0, 0.05) is 10.9 Å². The molecule has 0 fully saturated rings. The molecule has 0 aliphatic rings. The van der Waals surface area contributed by atoms with Gasteiger partial charge >= 0.3 is 5.97 Å². The number of hydrogen-bond donors (Lipinski definition) is 2. The molecule has 0 aliphatic carbocycles. The van der Waals surface area contributed by atoms with Gasteiger partial charge in [-0.3, -0.25) is 9.59 Å². The van der Waals surface area contributed by atoms with Gasteiger partial charge in [-0.05, 0) is 31.0 Å². The third-order valence-electron chi connectivity index (χ3n) is 3.05. The van der Waals surface area contributed by atoms with Gasteiger partial charge in [-0.2, -0.15) is 0 Å². The van der Waals surface area contributed by atoms with Crippen LogP contribution in [-0.2, 0) is 6.42 Å². The number of aromatic nitrogens is 1. The zero-order valence-corrected chi connectivity index (χ0v) is 10.6. The topological polar surface area (TPSA) is 87.2 Å². The van der Waals surface area contributed by atoms with Crippen molar-refractivity contribution >= 4 is 22.7 Å². The van der Waals surface area contributed by atoms with Crippen LogP contribution in [0.3, 0.4) is 0 Å². The second-order valence-corrected chi connectivity index (χ2v) is 4.30. The van der Waals surface area contributed by atoms with Crippen molar-refractivity contribution in [1.82, 2.24) is 4.98 Å². The zero-order chi connectivity index (χ0) is 14.2. The van der Waals surface area contributed by atoms with Gasteiger partial charge in [-0.15, -0.1) is 0 Å². The Balaban J connectivity index is 3.00. The molecule has 1 aromatic heterocycles. The van der Waals surface area contributed by atoms with Crippen LogP contribution in [0.4, 0.5) is 0 Å². The molecule has 2 aromatic rings. The smallest absolute Gasteiger partial charge is 0.337 e. The summed E-state index contributed by atoms with van der Waals surface area (Å²) in [5, 5.41) is 9.68. The minimum absolute atomic E-state index is 0.221. The van der Waals surface area contributed by atoms with E-state index in [0.29, 0.717) is 10.9 Å². The standard InChI is InChI=1S/C14H13NO4/c1-3-8-4-5-10-9(6-8)12(14(18)19)11(7(2)16)13(17)15-10/h4-6H,3H2,1-2H3,(H,15,17)(H,18,19). The highest BCUT2D eigenvalue weighted by atomic mass is 16.4. The molecule has 1 aromatic carbocycles. The molecule has 2 rings (SSSR count). The lowest BCUT2D eigenvalue weighted by Gasteiger charge is -2.08. The van der Waals surface area contributed by atoms with Crippen LogP contribution in [-0.4, -0.2) is 21.8 Å². The Morgan fingerprint density at radius 2 is 1.95 bits per heavy atom. The Labute approximate surface area is 108 Å². The molecule has 5 nitrogen and oxygen atoms in total. The van der Waals surface area contributed by atoms with Crippen molar-refractivity contribution in [2.24, 2.45) is 0 Å². The molecule has 0 amide bonds. The second-order valence-electron chi connectivity index (χ2n) is 4.30. The van der Waals surface area contributed by atoms with E-state index in [4.69, 9.17) is 0 Å². The summed E-state index contributed by atoms with van der Waals surface area (Å²) < 4.78 is 0. The van der Waals surface area contributed by atoms with Crippen molar-refractivity contribution in [2.45, 2.75) is 20.3 Å². The average Bonchev–Trinajstić information content (AvgIpc) is 2.35. The number of carbonyl (C=O) groups is 2. The number of benzene rings is 1. The predicted molar refractivity (Wildman–Crippen MR) is 70.9 cm³/mol. The SMILES string of the molecule is CCc1ccc2[nH]c(=O)c(C(C)=O)c(C(=O)O)c2c1. The molecule has 5 heteroatoms. The normalized spacial score (nSPS) is 10.6. The third-order valence-corrected chi connectivity index (χ3v) is 3.05. The van der Waals surface area contributed by atoms with Crippen LogP contribution in [0, 0.1) is 0 Å². The molecule has 19 heavy (non-hydrogen) atoms. The number of carboxylic acid groups (broad SMARTS) is 1. The summed E-state index contributed by atoms with van der Waals surface area (Å²) in [6.07, 6.45) is 0.740. The van der Waals surface area contributed by atoms with Gasteiger partial charge in [0.15, 0.2) is 5.78 Å². The van der Waals surface area contributed by atoms with Crippen molar-refractivity contribution in [2.75, 3.05) is 0 Å². The van der Waals surface area contributed by atoms with E-state index >= 15 is 0 Å². The maximum Gasteiger partial charge on any atom is 0.337 e. The van der Waals surface area contributed by atoms with Crippen molar-refractivity contribution < 1.29 is 14.7 Å². The molecular weight excluding hydrogens is 246 g/mol. The van der Waals surface area contributed by atoms with Gasteiger partial charge in [0.1, 0.15) is 0 Å². The summed E-state index contributed by atoms with van der Waals surface area (Å²) in [5.41, 5.74) is 0.178. The summed E-state index contributed by atoms with van der Waals surface area (Å²) in [7, 11) is 0. The summed E-state index contributed by atoms with van der Waals surface area (Å²) in [6, 6.07) is 5.17. The molecule has 0 spiro atoms. The van der Waals surface area contributed by atoms with Crippen LogP contribution in [0.5, 0.6) is 0 Å². The van der Waals surface area contributed by atoms with E-state index < -0.39 is 17.3 Å². The highest BCUT2D eigenvalue weighted by molar-refractivity contribution is 6.12. The van der Waals surface area contributed by atoms with Gasteiger partial charge in [0.05, 0.1) is 11.1 Å². The van der Waals surface area contributed by atoms with Crippen molar-refractivity contribution in [3.8, 4) is 0 Å². The van der Waals surface area contributed by atoms with Gasteiger partial charge in [-0.25, -0.2) is 4.79 Å². The molecule has 0 aliphatic heterocycles.